The van der Waals surface area contributed by atoms with Gasteiger partial charge >= 0.3 is 0 Å². The molecule has 0 aliphatic rings. The molecule has 2 rings (SSSR count). The van der Waals surface area contributed by atoms with E-state index in [2.05, 4.69) is 5.32 Å². The van der Waals surface area contributed by atoms with Crippen molar-refractivity contribution in [3.63, 3.8) is 0 Å². The summed E-state index contributed by atoms with van der Waals surface area (Å²) in [7, 11) is 3.00. The number of ether oxygens (including phenoxy) is 3. The summed E-state index contributed by atoms with van der Waals surface area (Å²) in [5.74, 6) is 1.02. The molecule has 0 atom stereocenters. The van der Waals surface area contributed by atoms with Crippen LogP contribution < -0.4 is 19.5 Å². The van der Waals surface area contributed by atoms with E-state index in [0.717, 1.165) is 0 Å². The van der Waals surface area contributed by atoms with E-state index in [4.69, 9.17) is 19.5 Å². The summed E-state index contributed by atoms with van der Waals surface area (Å²) < 4.78 is 15.8. The molecular weight excluding hydrogens is 296 g/mol. The Kier molecular flexibility index (Phi) is 5.42. The Bertz CT molecular complexity index is 738. The van der Waals surface area contributed by atoms with Crippen molar-refractivity contribution in [3.05, 3.63) is 48.0 Å². The van der Waals surface area contributed by atoms with Crippen molar-refractivity contribution in [3.8, 4) is 23.3 Å². The van der Waals surface area contributed by atoms with Gasteiger partial charge in [0.05, 0.1) is 31.5 Å². The summed E-state index contributed by atoms with van der Waals surface area (Å²) in [4.78, 5) is 12.0. The van der Waals surface area contributed by atoms with Crippen LogP contribution in [0.3, 0.4) is 0 Å². The molecule has 0 bridgehead atoms. The van der Waals surface area contributed by atoms with E-state index in [-0.39, 0.29) is 12.5 Å². The molecule has 0 unspecified atom stereocenters. The molecule has 0 fully saturated rings. The zero-order valence-electron chi connectivity index (χ0n) is 12.8. The molecule has 2 aromatic carbocycles. The summed E-state index contributed by atoms with van der Waals surface area (Å²) in [5.41, 5.74) is 1.02. The first-order valence-electron chi connectivity index (χ1n) is 6.81. The summed E-state index contributed by atoms with van der Waals surface area (Å²) in [6.07, 6.45) is 0. The van der Waals surface area contributed by atoms with Gasteiger partial charge in [-0.2, -0.15) is 5.26 Å². The van der Waals surface area contributed by atoms with Gasteiger partial charge < -0.3 is 19.5 Å². The number of methoxy groups -OCH3 is 2. The number of hydrogen-bond acceptors (Lipinski definition) is 5. The van der Waals surface area contributed by atoms with Gasteiger partial charge in [0.1, 0.15) is 5.75 Å². The van der Waals surface area contributed by atoms with Crippen molar-refractivity contribution in [1.82, 2.24) is 0 Å². The summed E-state index contributed by atoms with van der Waals surface area (Å²) in [6, 6.07) is 13.8. The molecule has 0 spiro atoms. The lowest BCUT2D eigenvalue weighted by atomic mass is 10.2. The number of nitrogens with zero attached hydrogens (tertiary/aromatic N) is 1. The second-order valence-corrected chi connectivity index (χ2v) is 4.51. The number of carbonyl (C=O) groups excluding carboxylic acids is 1. The normalized spacial score (nSPS) is 9.61. The fourth-order valence-electron chi connectivity index (χ4n) is 1.93. The van der Waals surface area contributed by atoms with Crippen LogP contribution in [0.15, 0.2) is 42.5 Å². The smallest absolute Gasteiger partial charge is 0.262 e. The van der Waals surface area contributed by atoms with E-state index in [1.807, 2.05) is 12.1 Å². The maximum Gasteiger partial charge on any atom is 0.262 e. The molecule has 0 radical (unpaired) electrons. The van der Waals surface area contributed by atoms with Crippen LogP contribution in [0.4, 0.5) is 5.69 Å². The van der Waals surface area contributed by atoms with Crippen molar-refractivity contribution in [2.45, 2.75) is 0 Å². The molecule has 0 heterocycles. The van der Waals surface area contributed by atoms with Gasteiger partial charge in [-0.15, -0.1) is 0 Å². The molecule has 0 saturated heterocycles. The molecule has 2 aromatic rings. The monoisotopic (exact) mass is 312 g/mol. The van der Waals surface area contributed by atoms with Gasteiger partial charge in [-0.05, 0) is 24.3 Å². The van der Waals surface area contributed by atoms with Crippen LogP contribution in [-0.2, 0) is 4.79 Å². The predicted octanol–water partition coefficient (Wildman–Crippen LogP) is 2.59. The van der Waals surface area contributed by atoms with E-state index < -0.39 is 0 Å². The first kappa shape index (κ1) is 16.2. The molecular formula is C17H16N2O4. The standard InChI is InChI=1S/C17H16N2O4/c1-21-14-6-4-3-5-13(14)19-17(20)11-23-15-8-7-12(10-18)9-16(15)22-2/h3-9H,11H2,1-2H3,(H,19,20). The van der Waals surface area contributed by atoms with Crippen molar-refractivity contribution < 1.29 is 19.0 Å². The lowest BCUT2D eigenvalue weighted by Crippen LogP contribution is -2.20. The van der Waals surface area contributed by atoms with E-state index in [1.165, 1.54) is 14.2 Å². The maximum absolute atomic E-state index is 12.0. The molecule has 23 heavy (non-hydrogen) atoms. The van der Waals surface area contributed by atoms with Crippen LogP contribution in [0, 0.1) is 11.3 Å². The molecule has 6 nitrogen and oxygen atoms in total. The number of benzene rings is 2. The zero-order valence-corrected chi connectivity index (χ0v) is 12.8. The maximum atomic E-state index is 12.0. The highest BCUT2D eigenvalue weighted by Crippen LogP contribution is 2.28. The Morgan fingerprint density at radius 1 is 1.09 bits per heavy atom. The number of para-hydroxylation sites is 2. The number of carbonyl (C=O) groups is 1. The highest BCUT2D eigenvalue weighted by molar-refractivity contribution is 5.93. The fourth-order valence-corrected chi connectivity index (χ4v) is 1.93. The average molecular weight is 312 g/mol. The Morgan fingerprint density at radius 2 is 1.83 bits per heavy atom. The second-order valence-electron chi connectivity index (χ2n) is 4.51. The number of nitrogens with one attached hydrogen (secondary N) is 1. The van der Waals surface area contributed by atoms with Crippen LogP contribution in [0.5, 0.6) is 17.2 Å². The minimum absolute atomic E-state index is 0.194. The largest absolute Gasteiger partial charge is 0.495 e. The Balaban J connectivity index is 2.01. The number of hydrogen-bond donors (Lipinski definition) is 1. The van der Waals surface area contributed by atoms with Crippen LogP contribution >= 0.6 is 0 Å². The van der Waals surface area contributed by atoms with Gasteiger partial charge in [-0.1, -0.05) is 12.1 Å². The highest BCUT2D eigenvalue weighted by atomic mass is 16.5. The zero-order chi connectivity index (χ0) is 16.7. The Labute approximate surface area is 134 Å². The molecule has 0 aliphatic heterocycles. The Morgan fingerprint density at radius 3 is 2.52 bits per heavy atom. The van der Waals surface area contributed by atoms with E-state index >= 15 is 0 Å². The van der Waals surface area contributed by atoms with Crippen molar-refractivity contribution in [2.75, 3.05) is 26.1 Å². The van der Waals surface area contributed by atoms with Gasteiger partial charge in [0.2, 0.25) is 0 Å². The van der Waals surface area contributed by atoms with Gasteiger partial charge in [0.15, 0.2) is 18.1 Å². The van der Waals surface area contributed by atoms with Crippen molar-refractivity contribution in [2.24, 2.45) is 0 Å². The van der Waals surface area contributed by atoms with Gasteiger partial charge in [-0.3, -0.25) is 4.79 Å². The number of nitriles is 1. The van der Waals surface area contributed by atoms with Crippen LogP contribution in [0.2, 0.25) is 0 Å². The van der Waals surface area contributed by atoms with Crippen LogP contribution in [-0.4, -0.2) is 26.7 Å². The third-order valence-electron chi connectivity index (χ3n) is 3.03. The minimum atomic E-state index is -0.332. The van der Waals surface area contributed by atoms with E-state index in [1.54, 1.807) is 36.4 Å². The summed E-state index contributed by atoms with van der Waals surface area (Å²) in [5, 5.41) is 11.6. The fraction of sp³-hybridized carbons (Fsp3) is 0.176. The van der Waals surface area contributed by atoms with Gasteiger partial charge in [0.25, 0.3) is 5.91 Å². The first-order valence-corrected chi connectivity index (χ1v) is 6.81. The van der Waals surface area contributed by atoms with Gasteiger partial charge in [0, 0.05) is 6.07 Å². The molecule has 6 heteroatoms. The van der Waals surface area contributed by atoms with Crippen molar-refractivity contribution >= 4 is 11.6 Å². The predicted molar refractivity (Wildman–Crippen MR) is 84.8 cm³/mol. The molecule has 118 valence electrons. The molecule has 0 saturated carbocycles. The summed E-state index contributed by atoms with van der Waals surface area (Å²) in [6.45, 7) is -0.194. The minimum Gasteiger partial charge on any atom is -0.495 e. The Hall–Kier alpha value is -3.20. The van der Waals surface area contributed by atoms with Crippen LogP contribution in [0.25, 0.3) is 0 Å². The number of rotatable bonds is 6. The van der Waals surface area contributed by atoms with Crippen LogP contribution in [0.1, 0.15) is 5.56 Å². The SMILES string of the molecule is COc1ccccc1NC(=O)COc1ccc(C#N)cc1OC. The molecule has 1 amide bonds. The van der Waals surface area contributed by atoms with E-state index in [9.17, 15) is 4.79 Å². The number of amides is 1. The quantitative estimate of drug-likeness (QED) is 0.886. The highest BCUT2D eigenvalue weighted by Gasteiger charge is 2.10. The van der Waals surface area contributed by atoms with E-state index in [0.29, 0.717) is 28.5 Å². The lowest BCUT2D eigenvalue weighted by molar-refractivity contribution is -0.118. The average Bonchev–Trinajstić information content (AvgIpc) is 2.60. The third-order valence-corrected chi connectivity index (χ3v) is 3.03. The second kappa shape index (κ2) is 7.71. The molecule has 1 N–H and O–H groups in total. The van der Waals surface area contributed by atoms with Crippen molar-refractivity contribution in [1.29, 1.82) is 5.26 Å². The lowest BCUT2D eigenvalue weighted by Gasteiger charge is -2.12. The molecule has 0 aromatic heterocycles. The summed E-state index contributed by atoms with van der Waals surface area (Å²) >= 11 is 0. The number of anilines is 1. The molecule has 0 aliphatic carbocycles. The third kappa shape index (κ3) is 4.14. The van der Waals surface area contributed by atoms with Gasteiger partial charge in [-0.25, -0.2) is 0 Å². The topological polar surface area (TPSA) is 80.6 Å². The first-order chi connectivity index (χ1) is 11.2.